The van der Waals surface area contributed by atoms with Crippen molar-refractivity contribution in [3.8, 4) is 5.75 Å². The van der Waals surface area contributed by atoms with Crippen LogP contribution in [0.4, 0.5) is 0 Å². The molecule has 1 aromatic rings. The minimum absolute atomic E-state index is 0.377. The summed E-state index contributed by atoms with van der Waals surface area (Å²) in [6, 6.07) is 6.50. The van der Waals surface area contributed by atoms with Crippen molar-refractivity contribution in [3.63, 3.8) is 0 Å². The summed E-state index contributed by atoms with van der Waals surface area (Å²) >= 11 is 0. The molecule has 3 nitrogen and oxygen atoms in total. The lowest BCUT2D eigenvalue weighted by Gasteiger charge is -2.15. The molecule has 2 aliphatic heterocycles. The van der Waals surface area contributed by atoms with E-state index in [0.717, 1.165) is 38.3 Å². The second-order valence-electron chi connectivity index (χ2n) is 4.96. The van der Waals surface area contributed by atoms with E-state index in [1.807, 2.05) is 0 Å². The molecule has 0 spiro atoms. The molecule has 0 bridgehead atoms. The van der Waals surface area contributed by atoms with Crippen LogP contribution in [0.1, 0.15) is 24.5 Å². The van der Waals surface area contributed by atoms with Crippen LogP contribution in [0, 0.1) is 0 Å². The molecule has 1 atom stereocenters. The summed E-state index contributed by atoms with van der Waals surface area (Å²) in [7, 11) is 0. The van der Waals surface area contributed by atoms with E-state index < -0.39 is 0 Å². The van der Waals surface area contributed by atoms with Crippen LogP contribution >= 0.6 is 0 Å². The van der Waals surface area contributed by atoms with Gasteiger partial charge in [-0.3, -0.25) is 4.90 Å². The van der Waals surface area contributed by atoms with E-state index in [1.54, 1.807) is 0 Å². The Labute approximate surface area is 103 Å². The van der Waals surface area contributed by atoms with Gasteiger partial charge in [-0.05, 0) is 36.2 Å². The number of likely N-dealkylation sites (N-methyl/N-ethyl adjacent to an activating group) is 1. The molecule has 1 saturated heterocycles. The molecule has 2 aliphatic rings. The van der Waals surface area contributed by atoms with Gasteiger partial charge in [0.25, 0.3) is 0 Å². The highest BCUT2D eigenvalue weighted by molar-refractivity contribution is 5.37. The van der Waals surface area contributed by atoms with Gasteiger partial charge < -0.3 is 10.1 Å². The predicted octanol–water partition coefficient (Wildman–Crippen LogP) is 1.76. The van der Waals surface area contributed by atoms with E-state index in [2.05, 4.69) is 35.3 Å². The summed E-state index contributed by atoms with van der Waals surface area (Å²) in [6.45, 7) is 7.58. The Bertz CT molecular complexity index is 405. The molecule has 0 radical (unpaired) electrons. The molecule has 3 heteroatoms. The van der Waals surface area contributed by atoms with Crippen LogP contribution in [0.3, 0.4) is 0 Å². The Kier molecular flexibility index (Phi) is 3.04. The fourth-order valence-corrected chi connectivity index (χ4v) is 2.72. The zero-order valence-electron chi connectivity index (χ0n) is 10.4. The van der Waals surface area contributed by atoms with E-state index in [9.17, 15) is 0 Å². The first-order valence-electron chi connectivity index (χ1n) is 6.56. The molecule has 92 valence electrons. The van der Waals surface area contributed by atoms with Gasteiger partial charge in [-0.1, -0.05) is 13.0 Å². The van der Waals surface area contributed by atoms with Gasteiger partial charge in [-0.2, -0.15) is 0 Å². The average Bonchev–Trinajstić information content (AvgIpc) is 2.96. The number of ether oxygens (including phenoxy) is 1. The minimum atomic E-state index is 0.377. The number of nitrogens with one attached hydrogen (secondary N) is 1. The molecule has 17 heavy (non-hydrogen) atoms. The molecule has 0 aromatic heterocycles. The molecule has 3 rings (SSSR count). The number of fused-ring (bicyclic) bond motifs is 1. The van der Waals surface area contributed by atoms with Gasteiger partial charge in [0.1, 0.15) is 11.9 Å². The first kappa shape index (κ1) is 11.1. The number of hydrogen-bond donors (Lipinski definition) is 1. The number of hydrogen-bond acceptors (Lipinski definition) is 3. The lowest BCUT2D eigenvalue weighted by molar-refractivity contribution is 0.202. The van der Waals surface area contributed by atoms with Crippen molar-refractivity contribution in [3.05, 3.63) is 29.3 Å². The molecule has 0 aliphatic carbocycles. The molecular formula is C14H20N2O. The van der Waals surface area contributed by atoms with Crippen LogP contribution in [-0.4, -0.2) is 30.6 Å². The highest BCUT2D eigenvalue weighted by Crippen LogP contribution is 2.24. The standard InChI is InChI=1S/C14H20N2O/c1-2-16-6-5-14(10-16)17-13-4-3-11-8-15-9-12(11)7-13/h3-4,7,14-15H,2,5-6,8-10H2,1H3/t14-/m1/s1. The Morgan fingerprint density at radius 2 is 2.24 bits per heavy atom. The maximum absolute atomic E-state index is 6.06. The Morgan fingerprint density at radius 3 is 3.06 bits per heavy atom. The Balaban J connectivity index is 1.65. The van der Waals surface area contributed by atoms with Crippen molar-refractivity contribution in [2.45, 2.75) is 32.5 Å². The lowest BCUT2D eigenvalue weighted by Crippen LogP contribution is -2.24. The zero-order valence-corrected chi connectivity index (χ0v) is 10.4. The van der Waals surface area contributed by atoms with Gasteiger partial charge in [0.15, 0.2) is 0 Å². The van der Waals surface area contributed by atoms with E-state index in [1.165, 1.54) is 17.7 Å². The second-order valence-corrected chi connectivity index (χ2v) is 4.96. The monoisotopic (exact) mass is 232 g/mol. The van der Waals surface area contributed by atoms with E-state index in [4.69, 9.17) is 4.74 Å². The molecule has 0 amide bonds. The molecule has 1 N–H and O–H groups in total. The number of rotatable bonds is 3. The fraction of sp³-hybridized carbons (Fsp3) is 0.571. The summed E-state index contributed by atoms with van der Waals surface area (Å²) in [6.07, 6.45) is 1.53. The molecular weight excluding hydrogens is 212 g/mol. The van der Waals surface area contributed by atoms with Crippen molar-refractivity contribution in [2.75, 3.05) is 19.6 Å². The van der Waals surface area contributed by atoms with Crippen molar-refractivity contribution in [1.82, 2.24) is 10.2 Å². The zero-order chi connectivity index (χ0) is 11.7. The first-order valence-corrected chi connectivity index (χ1v) is 6.56. The van der Waals surface area contributed by atoms with E-state index in [0.29, 0.717) is 6.10 Å². The SMILES string of the molecule is CCN1CC[C@@H](Oc2ccc3c(c2)CNC3)C1. The summed E-state index contributed by atoms with van der Waals surface area (Å²) in [5.74, 6) is 1.04. The highest BCUT2D eigenvalue weighted by Gasteiger charge is 2.23. The van der Waals surface area contributed by atoms with Crippen molar-refractivity contribution in [1.29, 1.82) is 0 Å². The smallest absolute Gasteiger partial charge is 0.120 e. The minimum Gasteiger partial charge on any atom is -0.489 e. The maximum atomic E-state index is 6.06. The molecule has 0 unspecified atom stereocenters. The third kappa shape index (κ3) is 2.31. The third-order valence-corrected chi connectivity index (χ3v) is 3.79. The normalized spacial score (nSPS) is 23.9. The van der Waals surface area contributed by atoms with Crippen molar-refractivity contribution < 1.29 is 4.74 Å². The summed E-state index contributed by atoms with van der Waals surface area (Å²) in [4.78, 5) is 2.44. The first-order chi connectivity index (χ1) is 8.35. The topological polar surface area (TPSA) is 24.5 Å². The van der Waals surface area contributed by atoms with Crippen LogP contribution in [0.2, 0.25) is 0 Å². The van der Waals surface area contributed by atoms with Crippen molar-refractivity contribution >= 4 is 0 Å². The predicted molar refractivity (Wildman–Crippen MR) is 68.1 cm³/mol. The molecule has 2 heterocycles. The van der Waals surface area contributed by atoms with Crippen LogP contribution in [0.15, 0.2) is 18.2 Å². The van der Waals surface area contributed by atoms with Gasteiger partial charge in [-0.25, -0.2) is 0 Å². The van der Waals surface area contributed by atoms with Crippen LogP contribution in [0.25, 0.3) is 0 Å². The van der Waals surface area contributed by atoms with Gasteiger partial charge in [0, 0.05) is 26.2 Å². The van der Waals surface area contributed by atoms with E-state index in [-0.39, 0.29) is 0 Å². The fourth-order valence-electron chi connectivity index (χ4n) is 2.72. The quantitative estimate of drug-likeness (QED) is 0.859. The van der Waals surface area contributed by atoms with Crippen LogP contribution in [-0.2, 0) is 13.1 Å². The summed E-state index contributed by atoms with van der Waals surface area (Å²) in [5.41, 5.74) is 2.81. The van der Waals surface area contributed by atoms with Crippen LogP contribution < -0.4 is 10.1 Å². The average molecular weight is 232 g/mol. The highest BCUT2D eigenvalue weighted by atomic mass is 16.5. The van der Waals surface area contributed by atoms with Gasteiger partial charge in [-0.15, -0.1) is 0 Å². The maximum Gasteiger partial charge on any atom is 0.120 e. The number of likely N-dealkylation sites (tertiary alicyclic amines) is 1. The molecule has 1 aromatic carbocycles. The Morgan fingerprint density at radius 1 is 1.35 bits per heavy atom. The summed E-state index contributed by atoms with van der Waals surface area (Å²) in [5, 5.41) is 3.36. The second kappa shape index (κ2) is 4.67. The third-order valence-electron chi connectivity index (χ3n) is 3.79. The lowest BCUT2D eigenvalue weighted by atomic mass is 10.1. The van der Waals surface area contributed by atoms with Gasteiger partial charge in [0.2, 0.25) is 0 Å². The molecule has 1 fully saturated rings. The number of benzene rings is 1. The largest absolute Gasteiger partial charge is 0.489 e. The Hall–Kier alpha value is -1.06. The van der Waals surface area contributed by atoms with Crippen molar-refractivity contribution in [2.24, 2.45) is 0 Å². The van der Waals surface area contributed by atoms with E-state index >= 15 is 0 Å². The van der Waals surface area contributed by atoms with Gasteiger partial charge >= 0.3 is 0 Å². The van der Waals surface area contributed by atoms with Gasteiger partial charge in [0.05, 0.1) is 0 Å². The number of nitrogens with zero attached hydrogens (tertiary/aromatic N) is 1. The van der Waals surface area contributed by atoms with Crippen LogP contribution in [0.5, 0.6) is 5.75 Å². The molecule has 0 saturated carbocycles. The summed E-state index contributed by atoms with van der Waals surface area (Å²) < 4.78 is 6.06.